The number of ketones is 2. The number of phenolic OH excluding ortho intramolecular Hbond substituents is 5. The van der Waals surface area contributed by atoms with E-state index in [1.807, 2.05) is 0 Å². The molecule has 0 aromatic heterocycles. The lowest BCUT2D eigenvalue weighted by molar-refractivity contribution is 0.0393. The maximum Gasteiger partial charge on any atom is 0.169 e. The maximum absolute atomic E-state index is 13.5. The highest BCUT2D eigenvalue weighted by Crippen LogP contribution is 2.55. The van der Waals surface area contributed by atoms with E-state index in [0.29, 0.717) is 0 Å². The number of ether oxygens (including phenoxy) is 1. The third kappa shape index (κ3) is 3.79. The Kier molecular flexibility index (Phi) is 5.74. The molecular weight excluding hydrogens is 544 g/mol. The molecule has 0 aliphatic heterocycles. The molecule has 0 heterocycles. The minimum Gasteiger partial charge on any atom is -0.508 e. The zero-order chi connectivity index (χ0) is 30.6. The van der Waals surface area contributed by atoms with Gasteiger partial charge in [-0.25, -0.2) is 0 Å². The van der Waals surface area contributed by atoms with Gasteiger partial charge in [0.2, 0.25) is 0 Å². The Labute approximate surface area is 239 Å². The topological polar surface area (TPSA) is 185 Å². The molecule has 2 unspecified atom stereocenters. The van der Waals surface area contributed by atoms with Gasteiger partial charge in [0.15, 0.2) is 11.6 Å². The van der Waals surface area contributed by atoms with Gasteiger partial charge in [-0.1, -0.05) is 0 Å². The SMILES string of the molecule is COc1cc2c(-c3c4c(c(O)c5c(O)cc(O)cc35)C(=O)CC(C)(O)C4)c3c(c(O)c2c(O)c1C)C(=O)CC(C)(O)C3. The second kappa shape index (κ2) is 8.73. The van der Waals surface area contributed by atoms with E-state index in [9.17, 15) is 45.3 Å². The average Bonchev–Trinajstić information content (AvgIpc) is 2.84. The Morgan fingerprint density at radius 1 is 0.667 bits per heavy atom. The molecule has 0 fully saturated rings. The van der Waals surface area contributed by atoms with E-state index in [-0.39, 0.29) is 103 Å². The lowest BCUT2D eigenvalue weighted by Gasteiger charge is -2.35. The minimum absolute atomic E-state index is 0.0785. The molecule has 10 heteroatoms. The van der Waals surface area contributed by atoms with Crippen molar-refractivity contribution in [2.75, 3.05) is 7.11 Å². The zero-order valence-corrected chi connectivity index (χ0v) is 23.4. The molecule has 2 aliphatic rings. The highest BCUT2D eigenvalue weighted by molar-refractivity contribution is 6.21. The molecule has 6 rings (SSSR count). The van der Waals surface area contributed by atoms with Crippen LogP contribution in [0, 0.1) is 6.92 Å². The second-order valence-corrected chi connectivity index (χ2v) is 12.1. The van der Waals surface area contributed by atoms with Crippen molar-refractivity contribution in [1.82, 2.24) is 0 Å². The maximum atomic E-state index is 13.5. The average molecular weight is 575 g/mol. The van der Waals surface area contributed by atoms with Crippen LogP contribution in [0.15, 0.2) is 18.2 Å². The van der Waals surface area contributed by atoms with Gasteiger partial charge in [0.05, 0.1) is 40.2 Å². The smallest absolute Gasteiger partial charge is 0.169 e. The first-order chi connectivity index (χ1) is 19.6. The normalized spacial score (nSPS) is 22.0. The van der Waals surface area contributed by atoms with Gasteiger partial charge in [-0.2, -0.15) is 0 Å². The summed E-state index contributed by atoms with van der Waals surface area (Å²) >= 11 is 0. The lowest BCUT2D eigenvalue weighted by atomic mass is 9.71. The first-order valence-corrected chi connectivity index (χ1v) is 13.4. The Morgan fingerprint density at radius 2 is 1.14 bits per heavy atom. The molecule has 0 bridgehead atoms. The fourth-order valence-electron chi connectivity index (χ4n) is 6.84. The third-order valence-electron chi connectivity index (χ3n) is 8.53. The number of aliphatic hydroxyl groups is 2. The quantitative estimate of drug-likeness (QED) is 0.182. The Hall–Kier alpha value is -4.54. The van der Waals surface area contributed by atoms with Gasteiger partial charge in [0.25, 0.3) is 0 Å². The van der Waals surface area contributed by atoms with Gasteiger partial charge in [-0.05, 0) is 55.2 Å². The molecule has 0 radical (unpaired) electrons. The van der Waals surface area contributed by atoms with Gasteiger partial charge >= 0.3 is 0 Å². The van der Waals surface area contributed by atoms with Crippen molar-refractivity contribution < 1.29 is 50.1 Å². The van der Waals surface area contributed by atoms with Gasteiger partial charge in [-0.3, -0.25) is 9.59 Å². The summed E-state index contributed by atoms with van der Waals surface area (Å²) in [5.41, 5.74) is -2.30. The molecule has 218 valence electrons. The third-order valence-corrected chi connectivity index (χ3v) is 8.53. The molecule has 0 spiro atoms. The zero-order valence-electron chi connectivity index (χ0n) is 23.4. The van der Waals surface area contributed by atoms with Crippen LogP contribution >= 0.6 is 0 Å². The molecule has 2 aliphatic carbocycles. The van der Waals surface area contributed by atoms with Crippen LogP contribution in [-0.2, 0) is 12.8 Å². The molecule has 4 aromatic carbocycles. The summed E-state index contributed by atoms with van der Waals surface area (Å²) in [6, 6.07) is 3.83. The van der Waals surface area contributed by atoms with Crippen molar-refractivity contribution in [3.05, 3.63) is 46.0 Å². The van der Waals surface area contributed by atoms with Gasteiger partial charge in [-0.15, -0.1) is 0 Å². The van der Waals surface area contributed by atoms with E-state index in [1.165, 1.54) is 27.0 Å². The van der Waals surface area contributed by atoms with Crippen molar-refractivity contribution in [1.29, 1.82) is 0 Å². The van der Waals surface area contributed by atoms with Crippen LogP contribution in [0.25, 0.3) is 32.7 Å². The van der Waals surface area contributed by atoms with E-state index in [0.717, 1.165) is 6.07 Å². The van der Waals surface area contributed by atoms with Crippen LogP contribution < -0.4 is 4.74 Å². The summed E-state index contributed by atoms with van der Waals surface area (Å²) < 4.78 is 5.51. The lowest BCUT2D eigenvalue weighted by Crippen LogP contribution is -2.37. The van der Waals surface area contributed by atoms with E-state index < -0.39 is 40.0 Å². The predicted octanol–water partition coefficient (Wildman–Crippen LogP) is 4.26. The Morgan fingerprint density at radius 3 is 1.64 bits per heavy atom. The van der Waals surface area contributed by atoms with Crippen molar-refractivity contribution in [3.8, 4) is 45.6 Å². The van der Waals surface area contributed by atoms with E-state index in [2.05, 4.69) is 0 Å². The van der Waals surface area contributed by atoms with Gasteiger partial charge in [0, 0.05) is 48.1 Å². The Bertz CT molecular complexity index is 1920. The summed E-state index contributed by atoms with van der Waals surface area (Å²) in [5, 5.41) is 77.9. The highest BCUT2D eigenvalue weighted by atomic mass is 16.5. The molecule has 0 saturated heterocycles. The molecule has 0 amide bonds. The highest BCUT2D eigenvalue weighted by Gasteiger charge is 2.42. The molecule has 42 heavy (non-hydrogen) atoms. The van der Waals surface area contributed by atoms with Crippen LogP contribution in [0.1, 0.15) is 64.1 Å². The first kappa shape index (κ1) is 27.6. The van der Waals surface area contributed by atoms with Crippen LogP contribution in [0.2, 0.25) is 0 Å². The molecular formula is C32H30O10. The summed E-state index contributed by atoms with van der Waals surface area (Å²) in [5.74, 6) is -3.21. The molecule has 0 saturated carbocycles. The summed E-state index contributed by atoms with van der Waals surface area (Å²) in [6.45, 7) is 4.51. The number of hydrogen-bond acceptors (Lipinski definition) is 10. The van der Waals surface area contributed by atoms with Crippen molar-refractivity contribution in [3.63, 3.8) is 0 Å². The van der Waals surface area contributed by atoms with Gasteiger partial charge < -0.3 is 40.5 Å². The van der Waals surface area contributed by atoms with E-state index >= 15 is 0 Å². The van der Waals surface area contributed by atoms with Crippen LogP contribution in [0.4, 0.5) is 0 Å². The number of methoxy groups -OCH3 is 1. The predicted molar refractivity (Wildman–Crippen MR) is 153 cm³/mol. The van der Waals surface area contributed by atoms with Crippen LogP contribution in [0.5, 0.6) is 34.5 Å². The number of rotatable bonds is 2. The van der Waals surface area contributed by atoms with Crippen molar-refractivity contribution in [2.24, 2.45) is 0 Å². The first-order valence-electron chi connectivity index (χ1n) is 13.4. The van der Waals surface area contributed by atoms with Crippen LogP contribution in [0.3, 0.4) is 0 Å². The van der Waals surface area contributed by atoms with Gasteiger partial charge in [0.1, 0.15) is 34.5 Å². The number of phenols is 5. The Balaban J connectivity index is 1.96. The molecule has 10 nitrogen and oxygen atoms in total. The summed E-state index contributed by atoms with van der Waals surface area (Å²) in [7, 11) is 1.39. The minimum atomic E-state index is -1.54. The van der Waals surface area contributed by atoms with Crippen LogP contribution in [-0.4, -0.2) is 65.6 Å². The number of carbonyl (C=O) groups excluding carboxylic acids is 2. The molecule has 4 aromatic rings. The van der Waals surface area contributed by atoms with E-state index in [1.54, 1.807) is 13.0 Å². The molecule has 7 N–H and O–H groups in total. The number of hydrogen-bond donors (Lipinski definition) is 7. The standard InChI is InChI=1S/C32H30O10/c1-12-21(42-4)7-15-23(17-9-32(3,41)11-20(36)26(17)30(39)27(15)28(12)37)22-14-5-13(33)6-18(34)24(14)29(38)25-16(22)8-31(2,40)10-19(25)35/h5-7,33-34,37-41H,8-11H2,1-4H3. The number of aromatic hydroxyl groups is 5. The van der Waals surface area contributed by atoms with Crippen molar-refractivity contribution in [2.45, 2.75) is 57.7 Å². The number of benzene rings is 4. The summed E-state index contributed by atoms with van der Waals surface area (Å²) in [4.78, 5) is 26.9. The molecule has 2 atom stereocenters. The number of Topliss-reactive ketones (excluding diaryl/α,β-unsaturated/α-hetero) is 2. The fraction of sp³-hybridized carbons (Fsp3) is 0.312. The summed E-state index contributed by atoms with van der Waals surface area (Å²) in [6.07, 6.45) is -0.889. The van der Waals surface area contributed by atoms with Crippen molar-refractivity contribution >= 4 is 33.1 Å². The van der Waals surface area contributed by atoms with E-state index in [4.69, 9.17) is 4.74 Å². The largest absolute Gasteiger partial charge is 0.508 e. The monoisotopic (exact) mass is 574 g/mol. The fourth-order valence-corrected chi connectivity index (χ4v) is 6.84. The number of fused-ring (bicyclic) bond motifs is 4. The number of carbonyl (C=O) groups is 2. The second-order valence-electron chi connectivity index (χ2n) is 12.1.